The number of hydrogen-bond acceptors (Lipinski definition) is 4. The molecule has 0 saturated carbocycles. The number of carbonyl (C=O) groups excluding carboxylic acids is 1. The van der Waals surface area contributed by atoms with Gasteiger partial charge in [0.05, 0.1) is 19.2 Å². The van der Waals surface area contributed by atoms with E-state index in [9.17, 15) is 4.79 Å². The van der Waals surface area contributed by atoms with Crippen molar-refractivity contribution in [1.82, 2.24) is 5.43 Å². The number of benzene rings is 3. The number of methoxy groups -OCH3 is 1. The van der Waals surface area contributed by atoms with Gasteiger partial charge in [-0.3, -0.25) is 4.79 Å². The Morgan fingerprint density at radius 3 is 2.21 bits per heavy atom. The molecule has 0 radical (unpaired) electrons. The minimum Gasteiger partial charge on any atom is -0.493 e. The maximum Gasteiger partial charge on any atom is 0.244 e. The van der Waals surface area contributed by atoms with E-state index >= 15 is 0 Å². The summed E-state index contributed by atoms with van der Waals surface area (Å²) in [5.41, 5.74) is 6.15. The molecular weight excluding hydrogens is 364 g/mol. The van der Waals surface area contributed by atoms with Crippen LogP contribution in [0.1, 0.15) is 23.6 Å². The van der Waals surface area contributed by atoms with E-state index in [0.29, 0.717) is 23.8 Å². The third-order valence-corrected chi connectivity index (χ3v) is 4.37. The third kappa shape index (κ3) is 5.94. The Hall–Kier alpha value is -3.60. The monoisotopic (exact) mass is 388 g/mol. The summed E-state index contributed by atoms with van der Waals surface area (Å²) in [5, 5.41) is 4.21. The highest BCUT2D eigenvalue weighted by Crippen LogP contribution is 2.29. The van der Waals surface area contributed by atoms with Crippen molar-refractivity contribution in [3.63, 3.8) is 0 Å². The van der Waals surface area contributed by atoms with Gasteiger partial charge in [0.2, 0.25) is 5.91 Å². The maximum atomic E-state index is 12.1. The number of carbonyl (C=O) groups is 1. The Kier molecular flexibility index (Phi) is 7.00. The molecule has 0 atom stereocenters. The van der Waals surface area contributed by atoms with E-state index in [0.717, 1.165) is 16.7 Å². The molecule has 148 valence electrons. The van der Waals surface area contributed by atoms with Gasteiger partial charge in [-0.25, -0.2) is 5.43 Å². The van der Waals surface area contributed by atoms with Crippen molar-refractivity contribution in [2.75, 3.05) is 7.11 Å². The van der Waals surface area contributed by atoms with E-state index in [-0.39, 0.29) is 12.3 Å². The molecule has 5 nitrogen and oxygen atoms in total. The first-order valence-corrected chi connectivity index (χ1v) is 9.38. The lowest BCUT2D eigenvalue weighted by atomic mass is 10.1. The summed E-state index contributed by atoms with van der Waals surface area (Å²) >= 11 is 0. The minimum atomic E-state index is -0.162. The van der Waals surface area contributed by atoms with Crippen LogP contribution in [0.15, 0.2) is 84.0 Å². The van der Waals surface area contributed by atoms with Crippen molar-refractivity contribution < 1.29 is 14.3 Å². The second kappa shape index (κ2) is 10.1. The van der Waals surface area contributed by atoms with Crippen LogP contribution in [0.3, 0.4) is 0 Å². The van der Waals surface area contributed by atoms with Crippen LogP contribution in [-0.4, -0.2) is 18.7 Å². The highest BCUT2D eigenvalue weighted by atomic mass is 16.5. The number of amides is 1. The fourth-order valence-corrected chi connectivity index (χ4v) is 2.78. The first kappa shape index (κ1) is 20.1. The van der Waals surface area contributed by atoms with Gasteiger partial charge in [0.15, 0.2) is 11.5 Å². The second-order valence-electron chi connectivity index (χ2n) is 6.53. The van der Waals surface area contributed by atoms with Crippen LogP contribution in [0.5, 0.6) is 11.5 Å². The van der Waals surface area contributed by atoms with Gasteiger partial charge in [-0.15, -0.1) is 0 Å². The SMILES string of the molecule is COc1cc(C(C)=NNC(=O)Cc2ccccc2)ccc1OCc1ccccc1. The molecule has 3 aromatic rings. The zero-order valence-electron chi connectivity index (χ0n) is 16.6. The zero-order chi connectivity index (χ0) is 20.5. The second-order valence-corrected chi connectivity index (χ2v) is 6.53. The van der Waals surface area contributed by atoms with Crippen LogP contribution < -0.4 is 14.9 Å². The molecule has 0 aromatic heterocycles. The van der Waals surface area contributed by atoms with Crippen LogP contribution >= 0.6 is 0 Å². The van der Waals surface area contributed by atoms with Crippen molar-refractivity contribution >= 4 is 11.6 Å². The lowest BCUT2D eigenvalue weighted by molar-refractivity contribution is -0.120. The molecule has 29 heavy (non-hydrogen) atoms. The summed E-state index contributed by atoms with van der Waals surface area (Å²) in [7, 11) is 1.60. The Bertz CT molecular complexity index is 970. The van der Waals surface area contributed by atoms with Gasteiger partial charge >= 0.3 is 0 Å². The molecule has 0 saturated heterocycles. The van der Waals surface area contributed by atoms with E-state index in [2.05, 4.69) is 10.5 Å². The first-order chi connectivity index (χ1) is 14.2. The predicted octanol–water partition coefficient (Wildman–Crippen LogP) is 4.36. The zero-order valence-corrected chi connectivity index (χ0v) is 16.6. The molecule has 0 aliphatic rings. The van der Waals surface area contributed by atoms with Crippen molar-refractivity contribution in [2.24, 2.45) is 5.10 Å². The standard InChI is InChI=1S/C24H24N2O3/c1-18(25-26-24(27)15-19-9-5-3-6-10-19)21-13-14-22(23(16-21)28-2)29-17-20-11-7-4-8-12-20/h3-14,16H,15,17H2,1-2H3,(H,26,27). The third-order valence-electron chi connectivity index (χ3n) is 4.37. The van der Waals surface area contributed by atoms with Gasteiger partial charge < -0.3 is 9.47 Å². The van der Waals surface area contributed by atoms with Gasteiger partial charge in [-0.05, 0) is 36.2 Å². The lowest BCUT2D eigenvalue weighted by Crippen LogP contribution is -2.21. The molecule has 0 aliphatic heterocycles. The van der Waals surface area contributed by atoms with Crippen molar-refractivity contribution in [3.8, 4) is 11.5 Å². The highest BCUT2D eigenvalue weighted by molar-refractivity contribution is 5.99. The molecule has 0 bridgehead atoms. The summed E-state index contributed by atoms with van der Waals surface area (Å²) in [6.45, 7) is 2.29. The van der Waals surface area contributed by atoms with E-state index in [1.54, 1.807) is 7.11 Å². The number of rotatable bonds is 8. The normalized spacial score (nSPS) is 11.0. The molecule has 5 heteroatoms. The Balaban J connectivity index is 1.63. The summed E-state index contributed by atoms with van der Waals surface area (Å²) in [6.07, 6.45) is 0.285. The van der Waals surface area contributed by atoms with Crippen molar-refractivity contribution in [1.29, 1.82) is 0 Å². The fraction of sp³-hybridized carbons (Fsp3) is 0.167. The van der Waals surface area contributed by atoms with Crippen molar-refractivity contribution in [2.45, 2.75) is 20.0 Å². The number of hydrazone groups is 1. The molecule has 0 fully saturated rings. The lowest BCUT2D eigenvalue weighted by Gasteiger charge is -2.12. The van der Waals surface area contributed by atoms with Crippen LogP contribution in [0.4, 0.5) is 0 Å². The van der Waals surface area contributed by atoms with Gasteiger partial charge in [0.25, 0.3) is 0 Å². The summed E-state index contributed by atoms with van der Waals surface area (Å²) in [5.74, 6) is 1.11. The Morgan fingerprint density at radius 2 is 1.55 bits per heavy atom. The maximum absolute atomic E-state index is 12.1. The van der Waals surface area contributed by atoms with E-state index in [1.165, 1.54) is 0 Å². The molecule has 0 unspecified atom stereocenters. The largest absolute Gasteiger partial charge is 0.493 e. The van der Waals surface area contributed by atoms with Gasteiger partial charge in [0, 0.05) is 5.56 Å². The van der Waals surface area contributed by atoms with E-state index < -0.39 is 0 Å². The molecular formula is C24H24N2O3. The van der Waals surface area contributed by atoms with E-state index in [4.69, 9.17) is 9.47 Å². The number of nitrogens with one attached hydrogen (secondary N) is 1. The Labute approximate surface area is 171 Å². The fourth-order valence-electron chi connectivity index (χ4n) is 2.78. The highest BCUT2D eigenvalue weighted by Gasteiger charge is 2.09. The minimum absolute atomic E-state index is 0.162. The molecule has 0 aliphatic carbocycles. The van der Waals surface area contributed by atoms with Crippen LogP contribution in [-0.2, 0) is 17.8 Å². The van der Waals surface area contributed by atoms with E-state index in [1.807, 2.05) is 85.8 Å². The number of hydrogen-bond donors (Lipinski definition) is 1. The van der Waals surface area contributed by atoms with Crippen LogP contribution in [0.2, 0.25) is 0 Å². The quantitative estimate of drug-likeness (QED) is 0.461. The average Bonchev–Trinajstić information content (AvgIpc) is 2.77. The number of nitrogens with zero attached hydrogens (tertiary/aromatic N) is 1. The molecule has 1 N–H and O–H groups in total. The van der Waals surface area contributed by atoms with Crippen LogP contribution in [0, 0.1) is 0 Å². The molecule has 0 heterocycles. The first-order valence-electron chi connectivity index (χ1n) is 9.38. The van der Waals surface area contributed by atoms with Crippen molar-refractivity contribution in [3.05, 3.63) is 95.6 Å². The van der Waals surface area contributed by atoms with Gasteiger partial charge in [0.1, 0.15) is 6.61 Å². The predicted molar refractivity (Wildman–Crippen MR) is 114 cm³/mol. The molecule has 3 aromatic carbocycles. The smallest absolute Gasteiger partial charge is 0.244 e. The van der Waals surface area contributed by atoms with Crippen LogP contribution in [0.25, 0.3) is 0 Å². The Morgan fingerprint density at radius 1 is 0.897 bits per heavy atom. The molecule has 0 spiro atoms. The summed E-state index contributed by atoms with van der Waals surface area (Å²) in [6, 6.07) is 25.1. The van der Waals surface area contributed by atoms with Gasteiger partial charge in [-0.1, -0.05) is 60.7 Å². The topological polar surface area (TPSA) is 59.9 Å². The molecule has 3 rings (SSSR count). The number of ether oxygens (including phenoxy) is 2. The average molecular weight is 388 g/mol. The molecule has 1 amide bonds. The summed E-state index contributed by atoms with van der Waals surface area (Å²) < 4.78 is 11.3. The summed E-state index contributed by atoms with van der Waals surface area (Å²) in [4.78, 5) is 12.1. The van der Waals surface area contributed by atoms with Gasteiger partial charge in [-0.2, -0.15) is 5.10 Å².